The summed E-state index contributed by atoms with van der Waals surface area (Å²) >= 11 is 0. The summed E-state index contributed by atoms with van der Waals surface area (Å²) in [7, 11) is 0. The summed E-state index contributed by atoms with van der Waals surface area (Å²) in [5, 5.41) is 0. The van der Waals surface area contributed by atoms with Crippen molar-refractivity contribution in [3.05, 3.63) is 54.6 Å². The molecule has 1 aromatic carbocycles. The first-order valence-electron chi connectivity index (χ1n) is 18.4. The quantitative estimate of drug-likeness (QED) is 0.0747. The Balaban J connectivity index is 1.73. The van der Waals surface area contributed by atoms with Crippen molar-refractivity contribution in [2.45, 2.75) is 187 Å². The van der Waals surface area contributed by atoms with E-state index in [-0.39, 0.29) is 0 Å². The second-order valence-corrected chi connectivity index (χ2v) is 13.1. The highest BCUT2D eigenvalue weighted by Gasteiger charge is 2.26. The first-order valence-corrected chi connectivity index (χ1v) is 18.4. The lowest BCUT2D eigenvalue weighted by atomic mass is 9.84. The molecule has 234 valence electrons. The summed E-state index contributed by atoms with van der Waals surface area (Å²) in [6.45, 7) is 4.62. The highest BCUT2D eigenvalue weighted by molar-refractivity contribution is 5.15. The average molecular weight is 566 g/mol. The van der Waals surface area contributed by atoms with Gasteiger partial charge in [-0.15, -0.1) is 0 Å². The molecule has 0 fully saturated rings. The van der Waals surface area contributed by atoms with Crippen molar-refractivity contribution in [3.63, 3.8) is 0 Å². The molecule has 1 N–H and O–H groups in total. The number of hydrogen-bond acceptors (Lipinski definition) is 0. The van der Waals surface area contributed by atoms with E-state index in [0.29, 0.717) is 12.0 Å². The smallest absolute Gasteiger partial charge is 0.241 e. The van der Waals surface area contributed by atoms with Crippen LogP contribution in [0.2, 0.25) is 0 Å². The average Bonchev–Trinajstić information content (AvgIpc) is 3.53. The molecule has 0 saturated carbocycles. The van der Waals surface area contributed by atoms with E-state index in [1.807, 2.05) is 0 Å². The van der Waals surface area contributed by atoms with Gasteiger partial charge in [-0.25, -0.2) is 4.57 Å². The molecule has 0 amide bonds. The Morgan fingerprint density at radius 2 is 0.976 bits per heavy atom. The van der Waals surface area contributed by atoms with Crippen molar-refractivity contribution in [2.75, 3.05) is 0 Å². The molecule has 1 heterocycles. The van der Waals surface area contributed by atoms with Gasteiger partial charge in [-0.3, -0.25) is 4.98 Å². The Kier molecular flexibility index (Phi) is 22.7. The van der Waals surface area contributed by atoms with E-state index in [4.69, 9.17) is 0 Å². The number of aromatic amines is 1. The third-order valence-electron chi connectivity index (χ3n) is 9.37. The maximum Gasteiger partial charge on any atom is 0.241 e. The number of benzene rings is 1. The van der Waals surface area contributed by atoms with Crippen LogP contribution in [0.5, 0.6) is 0 Å². The molecule has 2 rings (SSSR count). The zero-order valence-corrected chi connectivity index (χ0v) is 27.6. The monoisotopic (exact) mass is 566 g/mol. The van der Waals surface area contributed by atoms with E-state index in [9.17, 15) is 0 Å². The lowest BCUT2D eigenvalue weighted by Crippen LogP contribution is -2.42. The van der Waals surface area contributed by atoms with Crippen LogP contribution in [0.1, 0.15) is 186 Å². The SMILES string of the molecule is CCCCCCCCCCCCCCC(Cc1ccccc1)C(CCCCCCCCCCCCC)[n+]1cc[nH]c1. The van der Waals surface area contributed by atoms with E-state index in [1.165, 1.54) is 173 Å². The normalized spacial score (nSPS) is 13.0. The fourth-order valence-electron chi connectivity index (χ4n) is 6.75. The third-order valence-corrected chi connectivity index (χ3v) is 9.37. The van der Waals surface area contributed by atoms with Crippen molar-refractivity contribution in [1.82, 2.24) is 4.98 Å². The van der Waals surface area contributed by atoms with Crippen LogP contribution in [-0.2, 0) is 6.42 Å². The minimum absolute atomic E-state index is 0.604. The van der Waals surface area contributed by atoms with Crippen LogP contribution < -0.4 is 4.57 Å². The molecule has 2 atom stereocenters. The van der Waals surface area contributed by atoms with Crippen molar-refractivity contribution in [1.29, 1.82) is 0 Å². The van der Waals surface area contributed by atoms with Crippen LogP contribution in [0, 0.1) is 5.92 Å². The van der Waals surface area contributed by atoms with Crippen LogP contribution in [0.3, 0.4) is 0 Å². The molecule has 0 bridgehead atoms. The fraction of sp³-hybridized carbons (Fsp3) is 0.769. The third kappa shape index (κ3) is 18.6. The largest absolute Gasteiger partial charge is 0.250 e. The van der Waals surface area contributed by atoms with Gasteiger partial charge < -0.3 is 0 Å². The molecule has 0 radical (unpaired) electrons. The van der Waals surface area contributed by atoms with Gasteiger partial charge in [-0.2, -0.15) is 0 Å². The predicted molar refractivity (Wildman–Crippen MR) is 180 cm³/mol. The number of hydrogen-bond donors (Lipinski definition) is 1. The number of nitrogens with one attached hydrogen (secondary N) is 1. The number of unbranched alkanes of at least 4 members (excludes halogenated alkanes) is 21. The Hall–Kier alpha value is -1.57. The molecular weight excluding hydrogens is 496 g/mol. The van der Waals surface area contributed by atoms with Crippen LogP contribution >= 0.6 is 0 Å². The highest BCUT2D eigenvalue weighted by Crippen LogP contribution is 2.29. The molecule has 0 spiro atoms. The molecular formula is C39H69N2+. The van der Waals surface area contributed by atoms with Gasteiger partial charge in [-0.05, 0) is 31.2 Å². The summed E-state index contributed by atoms with van der Waals surface area (Å²) in [5.41, 5.74) is 1.51. The Morgan fingerprint density at radius 3 is 1.41 bits per heavy atom. The van der Waals surface area contributed by atoms with Crippen molar-refractivity contribution in [3.8, 4) is 0 Å². The fourth-order valence-corrected chi connectivity index (χ4v) is 6.75. The summed E-state index contributed by atoms with van der Waals surface area (Å²) in [4.78, 5) is 3.35. The summed E-state index contributed by atoms with van der Waals surface area (Å²) in [5.74, 6) is 0.712. The zero-order chi connectivity index (χ0) is 29.1. The van der Waals surface area contributed by atoms with Gasteiger partial charge in [0.2, 0.25) is 6.33 Å². The van der Waals surface area contributed by atoms with Crippen LogP contribution in [-0.4, -0.2) is 4.98 Å². The van der Waals surface area contributed by atoms with Crippen LogP contribution in [0.4, 0.5) is 0 Å². The molecule has 2 aromatic rings. The van der Waals surface area contributed by atoms with E-state index < -0.39 is 0 Å². The maximum atomic E-state index is 3.35. The molecule has 2 heteroatoms. The minimum atomic E-state index is 0.604. The number of imidazole rings is 1. The van der Waals surface area contributed by atoms with Gasteiger partial charge in [0.15, 0.2) is 0 Å². The van der Waals surface area contributed by atoms with Crippen LogP contribution in [0.15, 0.2) is 49.1 Å². The summed E-state index contributed by atoms with van der Waals surface area (Å²) < 4.78 is 2.50. The van der Waals surface area contributed by atoms with Gasteiger partial charge in [0.1, 0.15) is 18.4 Å². The summed E-state index contributed by atoms with van der Waals surface area (Å²) in [6.07, 6.45) is 43.2. The van der Waals surface area contributed by atoms with Crippen LogP contribution in [0.25, 0.3) is 0 Å². The van der Waals surface area contributed by atoms with E-state index in [0.717, 1.165) is 0 Å². The summed E-state index contributed by atoms with van der Waals surface area (Å²) in [6, 6.07) is 11.9. The molecule has 2 nitrogen and oxygen atoms in total. The van der Waals surface area contributed by atoms with Gasteiger partial charge in [0, 0.05) is 5.92 Å². The molecule has 41 heavy (non-hydrogen) atoms. The first-order chi connectivity index (χ1) is 20.3. The van der Waals surface area contributed by atoms with E-state index >= 15 is 0 Å². The van der Waals surface area contributed by atoms with Gasteiger partial charge in [0.05, 0.1) is 0 Å². The Bertz CT molecular complexity index is 768. The molecule has 0 aliphatic heterocycles. The minimum Gasteiger partial charge on any atom is -0.250 e. The van der Waals surface area contributed by atoms with Crippen molar-refractivity contribution >= 4 is 0 Å². The molecule has 2 unspecified atom stereocenters. The second kappa shape index (κ2) is 26.1. The number of H-pyrrole nitrogens is 1. The maximum absolute atomic E-state index is 3.35. The predicted octanol–water partition coefficient (Wildman–Crippen LogP) is 12.5. The standard InChI is InChI=1S/C39H68N2/c1-3-5-7-9-11-13-15-17-18-20-22-27-31-38(35-37-29-25-24-26-30-37)39(41-34-33-40-36-41)32-28-23-21-19-16-14-12-10-8-6-4-2/h24-26,29-30,33-34,36,38-39H,3-23,27-28,31-32,35H2,1-2H3/p+1. The molecule has 0 aliphatic rings. The number of aromatic nitrogens is 2. The van der Waals surface area contributed by atoms with Crippen molar-refractivity contribution < 1.29 is 4.57 Å². The highest BCUT2D eigenvalue weighted by atomic mass is 15.1. The Morgan fingerprint density at radius 1 is 0.537 bits per heavy atom. The number of nitrogens with zero attached hydrogens (tertiary/aromatic N) is 1. The zero-order valence-electron chi connectivity index (χ0n) is 27.6. The van der Waals surface area contributed by atoms with Gasteiger partial charge in [-0.1, -0.05) is 185 Å². The lowest BCUT2D eigenvalue weighted by Gasteiger charge is -2.25. The van der Waals surface area contributed by atoms with Gasteiger partial charge in [0.25, 0.3) is 0 Å². The molecule has 0 aliphatic carbocycles. The topological polar surface area (TPSA) is 19.7 Å². The van der Waals surface area contributed by atoms with E-state index in [2.05, 4.69) is 72.5 Å². The van der Waals surface area contributed by atoms with E-state index in [1.54, 1.807) is 0 Å². The second-order valence-electron chi connectivity index (χ2n) is 13.1. The number of rotatable bonds is 29. The van der Waals surface area contributed by atoms with Gasteiger partial charge >= 0.3 is 0 Å². The molecule has 0 saturated heterocycles. The first kappa shape index (κ1) is 35.6. The molecule has 1 aromatic heterocycles. The van der Waals surface area contributed by atoms with Crippen molar-refractivity contribution in [2.24, 2.45) is 5.92 Å². The lowest BCUT2D eigenvalue weighted by molar-refractivity contribution is -0.730. The Labute approximate surface area is 256 Å².